The fourth-order valence-corrected chi connectivity index (χ4v) is 1.09. The molecular formula is C14H17N. The molecule has 0 amide bonds. The number of nitrogens with zero attached hydrogens (tertiary/aromatic N) is 1. The first kappa shape index (κ1) is 11.4. The Labute approximate surface area is 91.8 Å². The molecule has 0 spiro atoms. The van der Waals surface area contributed by atoms with Gasteiger partial charge in [-0.2, -0.15) is 0 Å². The van der Waals surface area contributed by atoms with Gasteiger partial charge in [-0.15, -0.1) is 0 Å². The molecule has 15 heavy (non-hydrogen) atoms. The van der Waals surface area contributed by atoms with Gasteiger partial charge >= 0.3 is 0 Å². The van der Waals surface area contributed by atoms with E-state index >= 15 is 0 Å². The fraction of sp³-hybridized carbons (Fsp3) is 0.214. The Morgan fingerprint density at radius 2 is 1.20 bits per heavy atom. The molecule has 0 aliphatic heterocycles. The summed E-state index contributed by atoms with van der Waals surface area (Å²) in [6, 6.07) is 12.3. The van der Waals surface area contributed by atoms with E-state index in [1.54, 1.807) is 12.4 Å². The van der Waals surface area contributed by atoms with Crippen LogP contribution >= 0.6 is 0 Å². The van der Waals surface area contributed by atoms with Crippen LogP contribution in [-0.4, -0.2) is 4.98 Å². The Morgan fingerprint density at radius 1 is 0.733 bits per heavy atom. The van der Waals surface area contributed by atoms with Crippen LogP contribution < -0.4 is 0 Å². The van der Waals surface area contributed by atoms with Gasteiger partial charge in [-0.3, -0.25) is 4.98 Å². The lowest BCUT2D eigenvalue weighted by Crippen LogP contribution is -1.74. The summed E-state index contributed by atoms with van der Waals surface area (Å²) in [5.41, 5.74) is 4.00. The molecule has 1 heterocycles. The van der Waals surface area contributed by atoms with Gasteiger partial charge in [-0.1, -0.05) is 24.3 Å². The van der Waals surface area contributed by atoms with E-state index in [0.717, 1.165) is 0 Å². The molecular weight excluding hydrogens is 182 g/mol. The Bertz CT molecular complexity index is 372. The molecule has 1 aromatic carbocycles. The van der Waals surface area contributed by atoms with E-state index in [4.69, 9.17) is 0 Å². The van der Waals surface area contributed by atoms with E-state index in [1.807, 2.05) is 19.1 Å². The number of hydrogen-bond acceptors (Lipinski definition) is 1. The molecule has 0 aliphatic rings. The topological polar surface area (TPSA) is 12.9 Å². The fourth-order valence-electron chi connectivity index (χ4n) is 1.09. The summed E-state index contributed by atoms with van der Waals surface area (Å²) in [4.78, 5) is 3.85. The lowest BCUT2D eigenvalue weighted by Gasteiger charge is -1.93. The van der Waals surface area contributed by atoms with E-state index in [-0.39, 0.29) is 0 Å². The Hall–Kier alpha value is -1.63. The van der Waals surface area contributed by atoms with Gasteiger partial charge in [0.25, 0.3) is 0 Å². The van der Waals surface area contributed by atoms with Crippen molar-refractivity contribution >= 4 is 0 Å². The van der Waals surface area contributed by atoms with E-state index in [0.29, 0.717) is 0 Å². The zero-order valence-corrected chi connectivity index (χ0v) is 9.57. The summed E-state index contributed by atoms with van der Waals surface area (Å²) in [5, 5.41) is 0. The van der Waals surface area contributed by atoms with Crippen LogP contribution in [0.15, 0.2) is 48.8 Å². The molecule has 1 heteroatoms. The minimum atomic E-state index is 1.26. The van der Waals surface area contributed by atoms with Gasteiger partial charge in [0.1, 0.15) is 0 Å². The highest BCUT2D eigenvalue weighted by molar-refractivity contribution is 5.23. The number of pyridine rings is 1. The standard InChI is InChI=1S/C8H10.C6H7N/c1-7-5-3-4-6-8(7)2;1-6-2-4-7-5-3-6/h3-6H,1-2H3;2-5H,1H3. The first-order valence-electron chi connectivity index (χ1n) is 5.09. The second kappa shape index (κ2) is 5.97. The molecule has 0 radical (unpaired) electrons. The molecule has 0 unspecified atom stereocenters. The summed E-state index contributed by atoms with van der Waals surface area (Å²) in [5.74, 6) is 0. The van der Waals surface area contributed by atoms with Gasteiger partial charge in [-0.25, -0.2) is 0 Å². The maximum Gasteiger partial charge on any atom is 0.0270 e. The van der Waals surface area contributed by atoms with Gasteiger partial charge < -0.3 is 0 Å². The first-order valence-corrected chi connectivity index (χ1v) is 5.09. The van der Waals surface area contributed by atoms with Crippen molar-refractivity contribution in [1.82, 2.24) is 4.98 Å². The lowest BCUT2D eigenvalue weighted by atomic mass is 10.1. The third-order valence-electron chi connectivity index (χ3n) is 2.27. The molecule has 1 aromatic heterocycles. The zero-order chi connectivity index (χ0) is 11.1. The molecule has 0 aliphatic carbocycles. The minimum absolute atomic E-state index is 1.26. The summed E-state index contributed by atoms with van der Waals surface area (Å²) < 4.78 is 0. The van der Waals surface area contributed by atoms with Crippen molar-refractivity contribution in [3.63, 3.8) is 0 Å². The van der Waals surface area contributed by atoms with Crippen LogP contribution in [-0.2, 0) is 0 Å². The number of aromatic nitrogens is 1. The molecule has 0 saturated heterocycles. The monoisotopic (exact) mass is 199 g/mol. The predicted molar refractivity (Wildman–Crippen MR) is 64.9 cm³/mol. The van der Waals surface area contributed by atoms with Crippen molar-refractivity contribution in [1.29, 1.82) is 0 Å². The van der Waals surface area contributed by atoms with E-state index < -0.39 is 0 Å². The predicted octanol–water partition coefficient (Wildman–Crippen LogP) is 3.69. The molecule has 0 saturated carbocycles. The van der Waals surface area contributed by atoms with E-state index in [2.05, 4.69) is 43.1 Å². The van der Waals surface area contributed by atoms with Crippen LogP contribution in [0.5, 0.6) is 0 Å². The largest absolute Gasteiger partial charge is 0.265 e. The van der Waals surface area contributed by atoms with Crippen molar-refractivity contribution in [2.75, 3.05) is 0 Å². The van der Waals surface area contributed by atoms with E-state index in [9.17, 15) is 0 Å². The van der Waals surface area contributed by atoms with Crippen LogP contribution in [0.4, 0.5) is 0 Å². The molecule has 78 valence electrons. The molecule has 0 bridgehead atoms. The number of hydrogen-bond donors (Lipinski definition) is 0. The summed E-state index contributed by atoms with van der Waals surface area (Å²) in [7, 11) is 0. The lowest BCUT2D eigenvalue weighted by molar-refractivity contribution is 1.29. The molecule has 0 fully saturated rings. The highest BCUT2D eigenvalue weighted by Crippen LogP contribution is 2.02. The van der Waals surface area contributed by atoms with Crippen molar-refractivity contribution in [2.24, 2.45) is 0 Å². The quantitative estimate of drug-likeness (QED) is 0.630. The van der Waals surface area contributed by atoms with Crippen molar-refractivity contribution in [2.45, 2.75) is 20.8 Å². The normalized spacial score (nSPS) is 9.00. The molecule has 2 aromatic rings. The molecule has 0 N–H and O–H groups in total. The van der Waals surface area contributed by atoms with Crippen molar-refractivity contribution in [3.05, 3.63) is 65.5 Å². The highest BCUT2D eigenvalue weighted by atomic mass is 14.6. The molecule has 0 atom stereocenters. The maximum absolute atomic E-state index is 3.85. The zero-order valence-electron chi connectivity index (χ0n) is 9.57. The number of benzene rings is 1. The minimum Gasteiger partial charge on any atom is -0.265 e. The van der Waals surface area contributed by atoms with Gasteiger partial charge in [0.2, 0.25) is 0 Å². The second-order valence-corrected chi connectivity index (χ2v) is 3.61. The van der Waals surface area contributed by atoms with Crippen molar-refractivity contribution < 1.29 is 0 Å². The Balaban J connectivity index is 0.000000151. The van der Waals surface area contributed by atoms with Gasteiger partial charge in [0.15, 0.2) is 0 Å². The van der Waals surface area contributed by atoms with E-state index in [1.165, 1.54) is 16.7 Å². The van der Waals surface area contributed by atoms with Gasteiger partial charge in [0.05, 0.1) is 0 Å². The summed E-state index contributed by atoms with van der Waals surface area (Å²) in [6.45, 7) is 6.28. The summed E-state index contributed by atoms with van der Waals surface area (Å²) >= 11 is 0. The second-order valence-electron chi connectivity index (χ2n) is 3.61. The average Bonchev–Trinajstić information content (AvgIpc) is 2.25. The van der Waals surface area contributed by atoms with Gasteiger partial charge in [0, 0.05) is 12.4 Å². The third kappa shape index (κ3) is 4.41. The third-order valence-corrected chi connectivity index (χ3v) is 2.27. The molecule has 1 nitrogen and oxygen atoms in total. The van der Waals surface area contributed by atoms with Crippen molar-refractivity contribution in [3.8, 4) is 0 Å². The number of aryl methyl sites for hydroxylation is 3. The van der Waals surface area contributed by atoms with Crippen LogP contribution in [0.1, 0.15) is 16.7 Å². The smallest absolute Gasteiger partial charge is 0.0270 e. The highest BCUT2D eigenvalue weighted by Gasteiger charge is 1.83. The average molecular weight is 199 g/mol. The van der Waals surface area contributed by atoms with Crippen LogP contribution in [0.2, 0.25) is 0 Å². The van der Waals surface area contributed by atoms with Crippen LogP contribution in [0.3, 0.4) is 0 Å². The van der Waals surface area contributed by atoms with Crippen LogP contribution in [0.25, 0.3) is 0 Å². The molecule has 2 rings (SSSR count). The van der Waals surface area contributed by atoms with Crippen LogP contribution in [0, 0.1) is 20.8 Å². The maximum atomic E-state index is 3.85. The first-order chi connectivity index (χ1) is 7.20. The summed E-state index contributed by atoms with van der Waals surface area (Å²) in [6.07, 6.45) is 3.57. The van der Waals surface area contributed by atoms with Gasteiger partial charge in [-0.05, 0) is 49.6 Å². The Morgan fingerprint density at radius 3 is 1.47 bits per heavy atom. The SMILES string of the molecule is Cc1ccccc1C.Cc1ccncc1. The number of rotatable bonds is 0. The Kier molecular flexibility index (Phi) is 4.55.